The number of hydrogen-bond donors (Lipinski definition) is 0. The number of carbonyl (C=O) groups is 1. The molecule has 0 N–H and O–H groups in total. The standard InChI is InChI=1S/C8H16O4/c1-6(2)10-7(9)11-12-8(3,4)5/h6H,1-5H3. The first-order valence-electron chi connectivity index (χ1n) is 3.87. The van der Waals surface area contributed by atoms with Crippen molar-refractivity contribution in [2.75, 3.05) is 0 Å². The van der Waals surface area contributed by atoms with Gasteiger partial charge in [0.1, 0.15) is 5.60 Å². The van der Waals surface area contributed by atoms with Crippen molar-refractivity contribution in [3.63, 3.8) is 0 Å². The summed E-state index contributed by atoms with van der Waals surface area (Å²) in [5, 5.41) is 0. The van der Waals surface area contributed by atoms with E-state index in [1.807, 2.05) is 0 Å². The van der Waals surface area contributed by atoms with E-state index in [1.165, 1.54) is 0 Å². The van der Waals surface area contributed by atoms with Gasteiger partial charge in [-0.1, -0.05) is 0 Å². The van der Waals surface area contributed by atoms with Crippen LogP contribution in [0.3, 0.4) is 0 Å². The SMILES string of the molecule is CC(C)OC(=O)OOC(C)(C)C. The second-order valence-electron chi connectivity index (χ2n) is 3.70. The van der Waals surface area contributed by atoms with Crippen LogP contribution < -0.4 is 0 Å². The molecule has 0 aromatic carbocycles. The molecule has 0 aliphatic rings. The van der Waals surface area contributed by atoms with Crippen LogP contribution in [-0.4, -0.2) is 17.9 Å². The second kappa shape index (κ2) is 4.30. The largest absolute Gasteiger partial charge is 0.540 e. The van der Waals surface area contributed by atoms with Crippen LogP contribution in [0.5, 0.6) is 0 Å². The molecule has 0 aliphatic heterocycles. The average molecular weight is 176 g/mol. The Balaban J connectivity index is 3.58. The van der Waals surface area contributed by atoms with Gasteiger partial charge in [0.25, 0.3) is 0 Å². The second-order valence-corrected chi connectivity index (χ2v) is 3.70. The Morgan fingerprint density at radius 3 is 2.08 bits per heavy atom. The van der Waals surface area contributed by atoms with Crippen LogP contribution in [0.25, 0.3) is 0 Å². The number of rotatable bonds is 2. The van der Waals surface area contributed by atoms with Crippen LogP contribution in [0.4, 0.5) is 4.79 Å². The van der Waals surface area contributed by atoms with Gasteiger partial charge in [0.05, 0.1) is 6.10 Å². The Morgan fingerprint density at radius 1 is 1.25 bits per heavy atom. The molecule has 0 aromatic rings. The van der Waals surface area contributed by atoms with E-state index < -0.39 is 11.8 Å². The van der Waals surface area contributed by atoms with Crippen molar-refractivity contribution in [2.24, 2.45) is 0 Å². The molecule has 0 saturated carbocycles. The number of carbonyl (C=O) groups excluding carboxylic acids is 1. The third-order valence-corrected chi connectivity index (χ3v) is 0.692. The quantitative estimate of drug-likeness (QED) is 0.368. The van der Waals surface area contributed by atoms with E-state index in [0.717, 1.165) is 0 Å². The van der Waals surface area contributed by atoms with E-state index in [-0.39, 0.29) is 6.10 Å². The van der Waals surface area contributed by atoms with Crippen LogP contribution in [0.2, 0.25) is 0 Å². The van der Waals surface area contributed by atoms with Gasteiger partial charge in [-0.2, -0.15) is 4.89 Å². The minimum absolute atomic E-state index is 0.193. The van der Waals surface area contributed by atoms with Gasteiger partial charge < -0.3 is 4.74 Å². The molecule has 0 aliphatic carbocycles. The molecule has 0 radical (unpaired) electrons. The van der Waals surface area contributed by atoms with Crippen molar-refractivity contribution in [3.8, 4) is 0 Å². The molecule has 0 saturated heterocycles. The summed E-state index contributed by atoms with van der Waals surface area (Å²) in [5.41, 5.74) is -0.504. The Labute approximate surface area is 72.7 Å². The zero-order chi connectivity index (χ0) is 9.78. The normalized spacial score (nSPS) is 11.5. The zero-order valence-corrected chi connectivity index (χ0v) is 8.21. The fourth-order valence-corrected chi connectivity index (χ4v) is 0.371. The van der Waals surface area contributed by atoms with Crippen molar-refractivity contribution < 1.29 is 19.3 Å². The lowest BCUT2D eigenvalue weighted by atomic mass is 10.2. The number of ether oxygens (including phenoxy) is 1. The Hall–Kier alpha value is -0.770. The summed E-state index contributed by atoms with van der Waals surface area (Å²) in [5.74, 6) is 0. The molecule has 0 aromatic heterocycles. The molecule has 72 valence electrons. The van der Waals surface area contributed by atoms with Crippen LogP contribution >= 0.6 is 0 Å². The first-order chi connectivity index (χ1) is 5.31. The fraction of sp³-hybridized carbons (Fsp3) is 0.875. The molecule has 0 atom stereocenters. The van der Waals surface area contributed by atoms with Crippen LogP contribution in [-0.2, 0) is 14.5 Å². The maximum atomic E-state index is 10.7. The molecule has 0 unspecified atom stereocenters. The van der Waals surface area contributed by atoms with Gasteiger partial charge in [-0.3, -0.25) is 4.89 Å². The van der Waals surface area contributed by atoms with Crippen LogP contribution in [0, 0.1) is 0 Å². The molecular formula is C8H16O4. The number of hydrogen-bond acceptors (Lipinski definition) is 4. The molecule has 4 nitrogen and oxygen atoms in total. The van der Waals surface area contributed by atoms with Gasteiger partial charge in [-0.25, -0.2) is 4.79 Å². The Bertz CT molecular complexity index is 146. The van der Waals surface area contributed by atoms with Gasteiger partial charge in [-0.05, 0) is 34.6 Å². The highest BCUT2D eigenvalue weighted by atomic mass is 17.2. The molecule has 0 spiro atoms. The van der Waals surface area contributed by atoms with Crippen molar-refractivity contribution >= 4 is 6.16 Å². The summed E-state index contributed by atoms with van der Waals surface area (Å²) in [6, 6.07) is 0. The smallest absolute Gasteiger partial charge is 0.430 e. The topological polar surface area (TPSA) is 44.8 Å². The lowest BCUT2D eigenvalue weighted by Gasteiger charge is -2.16. The molecule has 12 heavy (non-hydrogen) atoms. The predicted octanol–water partition coefficient (Wildman–Crippen LogP) is 2.28. The molecule has 0 amide bonds. The predicted molar refractivity (Wildman–Crippen MR) is 43.5 cm³/mol. The fourth-order valence-electron chi connectivity index (χ4n) is 0.371. The van der Waals surface area contributed by atoms with E-state index in [9.17, 15) is 4.79 Å². The van der Waals surface area contributed by atoms with E-state index >= 15 is 0 Å². The Kier molecular flexibility index (Phi) is 4.03. The van der Waals surface area contributed by atoms with Crippen LogP contribution in [0.1, 0.15) is 34.6 Å². The first kappa shape index (κ1) is 11.2. The molecule has 0 fully saturated rings. The lowest BCUT2D eigenvalue weighted by Crippen LogP contribution is -2.23. The summed E-state index contributed by atoms with van der Waals surface area (Å²) in [7, 11) is 0. The molecular weight excluding hydrogens is 160 g/mol. The van der Waals surface area contributed by atoms with Crippen molar-refractivity contribution in [2.45, 2.75) is 46.3 Å². The summed E-state index contributed by atoms with van der Waals surface area (Å²) < 4.78 is 4.66. The lowest BCUT2D eigenvalue weighted by molar-refractivity contribution is -0.313. The summed E-state index contributed by atoms with van der Waals surface area (Å²) >= 11 is 0. The minimum atomic E-state index is -0.806. The molecule has 4 heteroatoms. The van der Waals surface area contributed by atoms with Crippen molar-refractivity contribution in [1.82, 2.24) is 0 Å². The zero-order valence-electron chi connectivity index (χ0n) is 8.21. The monoisotopic (exact) mass is 176 g/mol. The van der Waals surface area contributed by atoms with Crippen LogP contribution in [0.15, 0.2) is 0 Å². The van der Waals surface area contributed by atoms with Gasteiger partial charge in [-0.15, -0.1) is 0 Å². The first-order valence-corrected chi connectivity index (χ1v) is 3.87. The summed E-state index contributed by atoms with van der Waals surface area (Å²) in [4.78, 5) is 19.8. The third kappa shape index (κ3) is 7.34. The summed E-state index contributed by atoms with van der Waals surface area (Å²) in [6.07, 6.45) is -0.999. The maximum absolute atomic E-state index is 10.7. The van der Waals surface area contributed by atoms with Gasteiger partial charge >= 0.3 is 6.16 Å². The van der Waals surface area contributed by atoms with E-state index in [4.69, 9.17) is 4.89 Å². The highest BCUT2D eigenvalue weighted by molar-refractivity contribution is 5.59. The van der Waals surface area contributed by atoms with Crippen molar-refractivity contribution in [1.29, 1.82) is 0 Å². The molecule has 0 bridgehead atoms. The Morgan fingerprint density at radius 2 is 1.75 bits per heavy atom. The van der Waals surface area contributed by atoms with E-state index in [1.54, 1.807) is 34.6 Å². The highest BCUT2D eigenvalue weighted by Crippen LogP contribution is 2.07. The average Bonchev–Trinajstić information content (AvgIpc) is 1.80. The summed E-state index contributed by atoms with van der Waals surface area (Å²) in [6.45, 7) is 8.79. The van der Waals surface area contributed by atoms with Gasteiger partial charge in [0.2, 0.25) is 0 Å². The van der Waals surface area contributed by atoms with Gasteiger partial charge in [0, 0.05) is 0 Å². The minimum Gasteiger partial charge on any atom is -0.430 e. The molecule has 0 rings (SSSR count). The van der Waals surface area contributed by atoms with E-state index in [0.29, 0.717) is 0 Å². The van der Waals surface area contributed by atoms with Gasteiger partial charge in [0.15, 0.2) is 0 Å². The third-order valence-electron chi connectivity index (χ3n) is 0.692. The highest BCUT2D eigenvalue weighted by Gasteiger charge is 2.16. The molecule has 0 heterocycles. The van der Waals surface area contributed by atoms with Crippen molar-refractivity contribution in [3.05, 3.63) is 0 Å². The van der Waals surface area contributed by atoms with E-state index in [2.05, 4.69) is 9.62 Å². The maximum Gasteiger partial charge on any atom is 0.540 e.